The lowest BCUT2D eigenvalue weighted by Crippen LogP contribution is -2.33. The third kappa shape index (κ3) is 5.27. The Morgan fingerprint density at radius 3 is 2.36 bits per heavy atom. The van der Waals surface area contributed by atoms with E-state index in [0.29, 0.717) is 27.7 Å². The molecular formula is C23H22ClN5O2S2. The molecule has 0 saturated carbocycles. The number of aromatic amines is 1. The molecule has 0 fully saturated rings. The standard InChI is InChI=1S/C23H22ClN5O2S2/c1-17-7-13-21(14-8-17)33(30,31)28(20-11-9-18(24)10-12-20)16-15-22-25-26-23(32)29(22)27-19-5-3-2-4-6-19/h2-14,27H,15-16H2,1H3,(H,26,32). The number of H-pyrrole nitrogens is 1. The molecule has 10 heteroatoms. The van der Waals surface area contributed by atoms with Crippen LogP contribution in [0.4, 0.5) is 11.4 Å². The van der Waals surface area contributed by atoms with Gasteiger partial charge in [-0.25, -0.2) is 13.1 Å². The molecule has 33 heavy (non-hydrogen) atoms. The van der Waals surface area contributed by atoms with E-state index in [4.69, 9.17) is 23.8 Å². The Morgan fingerprint density at radius 1 is 1.03 bits per heavy atom. The van der Waals surface area contributed by atoms with Gasteiger partial charge >= 0.3 is 0 Å². The van der Waals surface area contributed by atoms with Gasteiger partial charge < -0.3 is 0 Å². The molecule has 0 aliphatic rings. The second kappa shape index (κ2) is 9.78. The second-order valence-electron chi connectivity index (χ2n) is 7.37. The number of nitrogens with one attached hydrogen (secondary N) is 2. The Balaban J connectivity index is 1.65. The van der Waals surface area contributed by atoms with Gasteiger partial charge in [-0.15, -0.1) is 0 Å². The summed E-state index contributed by atoms with van der Waals surface area (Å²) in [6, 6.07) is 23.0. The highest BCUT2D eigenvalue weighted by atomic mass is 35.5. The summed E-state index contributed by atoms with van der Waals surface area (Å²) in [6.07, 6.45) is 0.306. The van der Waals surface area contributed by atoms with Gasteiger partial charge in [0.05, 0.1) is 16.3 Å². The lowest BCUT2D eigenvalue weighted by Gasteiger charge is -2.24. The number of aromatic nitrogens is 3. The van der Waals surface area contributed by atoms with Gasteiger partial charge in [-0.2, -0.15) is 5.10 Å². The highest BCUT2D eigenvalue weighted by molar-refractivity contribution is 7.92. The van der Waals surface area contributed by atoms with Crippen molar-refractivity contribution in [2.75, 3.05) is 16.3 Å². The van der Waals surface area contributed by atoms with E-state index in [0.717, 1.165) is 11.3 Å². The van der Waals surface area contributed by atoms with Crippen LogP contribution in [-0.2, 0) is 16.4 Å². The van der Waals surface area contributed by atoms with E-state index in [-0.39, 0.29) is 11.4 Å². The van der Waals surface area contributed by atoms with Gasteiger partial charge in [0, 0.05) is 18.0 Å². The monoisotopic (exact) mass is 499 g/mol. The molecule has 0 bridgehead atoms. The van der Waals surface area contributed by atoms with Crippen LogP contribution in [0.25, 0.3) is 0 Å². The topological polar surface area (TPSA) is 83.0 Å². The van der Waals surface area contributed by atoms with Gasteiger partial charge in [0.1, 0.15) is 0 Å². The second-order valence-corrected chi connectivity index (χ2v) is 10.1. The Labute approximate surface area is 202 Å². The van der Waals surface area contributed by atoms with E-state index in [2.05, 4.69) is 15.6 Å². The number of hydrogen-bond acceptors (Lipinski definition) is 5. The predicted octanol–water partition coefficient (Wildman–Crippen LogP) is 5.22. The third-order valence-corrected chi connectivity index (χ3v) is 7.39. The van der Waals surface area contributed by atoms with Gasteiger partial charge in [-0.3, -0.25) is 14.8 Å². The van der Waals surface area contributed by atoms with Gasteiger partial charge in [-0.1, -0.05) is 47.5 Å². The van der Waals surface area contributed by atoms with Crippen molar-refractivity contribution in [2.24, 2.45) is 0 Å². The summed E-state index contributed by atoms with van der Waals surface area (Å²) in [5.74, 6) is 0.571. The Hall–Kier alpha value is -3.14. The number of hydrogen-bond donors (Lipinski definition) is 2. The van der Waals surface area contributed by atoms with Gasteiger partial charge in [0.25, 0.3) is 10.0 Å². The molecule has 0 radical (unpaired) electrons. The predicted molar refractivity (Wildman–Crippen MR) is 134 cm³/mol. The van der Waals surface area contributed by atoms with Crippen molar-refractivity contribution in [1.29, 1.82) is 0 Å². The first-order valence-corrected chi connectivity index (χ1v) is 12.4. The number of para-hydroxylation sites is 1. The van der Waals surface area contributed by atoms with E-state index in [9.17, 15) is 8.42 Å². The van der Waals surface area contributed by atoms with Crippen molar-refractivity contribution < 1.29 is 8.42 Å². The number of benzene rings is 3. The summed E-state index contributed by atoms with van der Waals surface area (Å²) in [6.45, 7) is 2.06. The van der Waals surface area contributed by atoms with Gasteiger partial charge in [0.2, 0.25) is 4.77 Å². The molecule has 0 saturated heterocycles. The Bertz CT molecular complexity index is 1380. The van der Waals surface area contributed by atoms with Crippen LogP contribution in [0.3, 0.4) is 0 Å². The summed E-state index contributed by atoms with van der Waals surface area (Å²) in [7, 11) is -3.82. The molecule has 3 aromatic carbocycles. The number of aryl methyl sites for hydroxylation is 1. The first-order chi connectivity index (χ1) is 15.8. The van der Waals surface area contributed by atoms with Crippen molar-refractivity contribution in [3.63, 3.8) is 0 Å². The smallest absolute Gasteiger partial charge is 0.264 e. The zero-order valence-corrected chi connectivity index (χ0v) is 20.2. The Morgan fingerprint density at radius 2 is 1.70 bits per heavy atom. The van der Waals surface area contributed by atoms with Crippen molar-refractivity contribution in [2.45, 2.75) is 18.2 Å². The van der Waals surface area contributed by atoms with Crippen LogP contribution in [0.2, 0.25) is 5.02 Å². The maximum Gasteiger partial charge on any atom is 0.264 e. The minimum Gasteiger partial charge on any atom is -0.291 e. The van der Waals surface area contributed by atoms with E-state index >= 15 is 0 Å². The lowest BCUT2D eigenvalue weighted by atomic mass is 10.2. The molecule has 4 aromatic rings. The summed E-state index contributed by atoms with van der Waals surface area (Å²) in [5.41, 5.74) is 5.53. The van der Waals surface area contributed by atoms with Crippen LogP contribution in [0.1, 0.15) is 11.4 Å². The summed E-state index contributed by atoms with van der Waals surface area (Å²) < 4.78 is 30.5. The quantitative estimate of drug-likeness (QED) is 0.325. The number of rotatable bonds is 8. The number of sulfonamides is 1. The zero-order chi connectivity index (χ0) is 23.4. The van der Waals surface area contributed by atoms with E-state index in [1.165, 1.54) is 4.31 Å². The first-order valence-electron chi connectivity index (χ1n) is 10.2. The first kappa shape index (κ1) is 23.0. The molecule has 2 N–H and O–H groups in total. The van der Waals surface area contributed by atoms with Gasteiger partial charge in [0.15, 0.2) is 5.82 Å². The summed E-state index contributed by atoms with van der Waals surface area (Å²) in [4.78, 5) is 0.212. The molecule has 0 spiro atoms. The molecule has 0 unspecified atom stereocenters. The molecule has 170 valence electrons. The van der Waals surface area contributed by atoms with Crippen molar-refractivity contribution >= 4 is 45.2 Å². The molecule has 0 amide bonds. The molecule has 1 heterocycles. The lowest BCUT2D eigenvalue weighted by molar-refractivity contribution is 0.589. The molecule has 4 rings (SSSR count). The number of anilines is 2. The zero-order valence-electron chi connectivity index (χ0n) is 17.8. The normalized spacial score (nSPS) is 11.3. The van der Waals surface area contributed by atoms with Crippen LogP contribution in [0, 0.1) is 11.7 Å². The number of halogens is 1. The van der Waals surface area contributed by atoms with Crippen molar-refractivity contribution in [1.82, 2.24) is 14.9 Å². The largest absolute Gasteiger partial charge is 0.291 e. The Kier molecular flexibility index (Phi) is 6.83. The molecule has 0 aliphatic heterocycles. The molecule has 0 atom stereocenters. The van der Waals surface area contributed by atoms with Crippen LogP contribution in [0.5, 0.6) is 0 Å². The maximum absolute atomic E-state index is 13.6. The van der Waals surface area contributed by atoms with Crippen LogP contribution < -0.4 is 9.73 Å². The maximum atomic E-state index is 13.6. The fourth-order valence-corrected chi connectivity index (χ4v) is 5.08. The van der Waals surface area contributed by atoms with Crippen molar-refractivity contribution in [3.8, 4) is 0 Å². The third-order valence-electron chi connectivity index (χ3n) is 5.02. The van der Waals surface area contributed by atoms with Crippen molar-refractivity contribution in [3.05, 3.63) is 100 Å². The molecule has 0 aliphatic carbocycles. The van der Waals surface area contributed by atoms with E-state index in [1.54, 1.807) is 53.2 Å². The minimum absolute atomic E-state index is 0.147. The minimum atomic E-state index is -3.82. The van der Waals surface area contributed by atoms with Crippen LogP contribution in [-0.4, -0.2) is 29.8 Å². The molecular weight excluding hydrogens is 478 g/mol. The average molecular weight is 500 g/mol. The SMILES string of the molecule is Cc1ccc(S(=O)(=O)N(CCc2n[nH]c(=S)n2Nc2ccccc2)c2ccc(Cl)cc2)cc1. The average Bonchev–Trinajstić information content (AvgIpc) is 3.15. The fourth-order valence-electron chi connectivity index (χ4n) is 3.29. The fraction of sp³-hybridized carbons (Fsp3) is 0.130. The number of nitrogens with zero attached hydrogens (tertiary/aromatic N) is 3. The van der Waals surface area contributed by atoms with Crippen LogP contribution >= 0.6 is 23.8 Å². The molecule has 7 nitrogen and oxygen atoms in total. The van der Waals surface area contributed by atoms with Crippen LogP contribution in [0.15, 0.2) is 83.8 Å². The van der Waals surface area contributed by atoms with E-state index < -0.39 is 10.0 Å². The van der Waals surface area contributed by atoms with Gasteiger partial charge in [-0.05, 0) is 67.7 Å². The summed E-state index contributed by atoms with van der Waals surface area (Å²) >= 11 is 11.4. The molecule has 1 aromatic heterocycles. The highest BCUT2D eigenvalue weighted by Crippen LogP contribution is 2.26. The van der Waals surface area contributed by atoms with E-state index in [1.807, 2.05) is 37.3 Å². The summed E-state index contributed by atoms with van der Waals surface area (Å²) in [5, 5.41) is 7.60. The highest BCUT2D eigenvalue weighted by Gasteiger charge is 2.25.